The Kier molecular flexibility index (Phi) is 7.64. The lowest BCUT2D eigenvalue weighted by Crippen LogP contribution is -2.00. The van der Waals surface area contributed by atoms with Crippen molar-refractivity contribution < 1.29 is 4.42 Å². The van der Waals surface area contributed by atoms with Crippen LogP contribution in [0.5, 0.6) is 0 Å². The van der Waals surface area contributed by atoms with E-state index < -0.39 is 0 Å². The maximum absolute atomic E-state index is 6.60. The van der Waals surface area contributed by atoms with Gasteiger partial charge < -0.3 is 4.42 Å². The lowest BCUT2D eigenvalue weighted by atomic mass is 9.95. The fraction of sp³-hybridized carbons (Fsp3) is 0. The predicted molar refractivity (Wildman–Crippen MR) is 233 cm³/mol. The number of hydrogen-bond acceptors (Lipinski definition) is 5. The zero-order valence-electron chi connectivity index (χ0n) is 30.1. The summed E-state index contributed by atoms with van der Waals surface area (Å²) in [6.07, 6.45) is 0. The van der Waals surface area contributed by atoms with E-state index in [9.17, 15) is 0 Å². The lowest BCUT2D eigenvalue weighted by Gasteiger charge is -2.10. The predicted octanol–water partition coefficient (Wildman–Crippen LogP) is 14.1. The van der Waals surface area contributed by atoms with Gasteiger partial charge in [0.15, 0.2) is 17.5 Å². The highest BCUT2D eigenvalue weighted by atomic mass is 32.1. The van der Waals surface area contributed by atoms with Gasteiger partial charge in [-0.25, -0.2) is 15.0 Å². The number of nitrogens with zero attached hydrogens (tertiary/aromatic N) is 3. The molecule has 3 aromatic heterocycles. The fourth-order valence-electron chi connectivity index (χ4n) is 7.89. The molecule has 0 fully saturated rings. The van der Waals surface area contributed by atoms with Crippen LogP contribution in [0.2, 0.25) is 0 Å². The SMILES string of the molecule is c1ccc(-c2nc(-c3ccccc3)nc(-c3cccc(-c4cccc5oc6cc(-c7cccc(-c8cccc9sc%10ccccc%10c89)c7)ccc6c45)c3)n2)cc1. The maximum Gasteiger partial charge on any atom is 0.164 e. The van der Waals surface area contributed by atoms with Gasteiger partial charge in [0.1, 0.15) is 11.2 Å². The second kappa shape index (κ2) is 13.3. The summed E-state index contributed by atoms with van der Waals surface area (Å²) in [6.45, 7) is 0. The van der Waals surface area contributed by atoms with Crippen molar-refractivity contribution in [3.8, 4) is 67.5 Å². The molecule has 0 aliphatic carbocycles. The first-order chi connectivity index (χ1) is 27.7. The van der Waals surface area contributed by atoms with Gasteiger partial charge in [0.25, 0.3) is 0 Å². The molecule has 0 unspecified atom stereocenters. The Hall–Kier alpha value is -7.21. The summed E-state index contributed by atoms with van der Waals surface area (Å²) in [4.78, 5) is 14.9. The molecule has 0 radical (unpaired) electrons. The normalized spacial score (nSPS) is 11.6. The molecule has 0 aliphatic rings. The number of hydrogen-bond donors (Lipinski definition) is 0. The zero-order valence-corrected chi connectivity index (χ0v) is 30.9. The first kappa shape index (κ1) is 32.2. The molecule has 56 heavy (non-hydrogen) atoms. The molecule has 5 heteroatoms. The number of thiophene rings is 1. The van der Waals surface area contributed by atoms with Crippen molar-refractivity contribution in [2.24, 2.45) is 0 Å². The minimum atomic E-state index is 0.624. The first-order valence-corrected chi connectivity index (χ1v) is 19.5. The van der Waals surface area contributed by atoms with Crippen molar-refractivity contribution in [3.05, 3.63) is 188 Å². The first-order valence-electron chi connectivity index (χ1n) is 18.7. The summed E-state index contributed by atoms with van der Waals surface area (Å²) in [7, 11) is 0. The summed E-state index contributed by atoms with van der Waals surface area (Å²) >= 11 is 1.85. The van der Waals surface area contributed by atoms with Crippen LogP contribution in [0.25, 0.3) is 110 Å². The van der Waals surface area contributed by atoms with E-state index in [4.69, 9.17) is 19.4 Å². The Bertz CT molecular complexity index is 3200. The third-order valence-electron chi connectivity index (χ3n) is 10.5. The van der Waals surface area contributed by atoms with Gasteiger partial charge in [0.05, 0.1) is 0 Å². The number of benzene rings is 8. The van der Waals surface area contributed by atoms with Crippen LogP contribution in [0.3, 0.4) is 0 Å². The van der Waals surface area contributed by atoms with Crippen LogP contribution in [0, 0.1) is 0 Å². The Morgan fingerprint density at radius 1 is 0.321 bits per heavy atom. The maximum atomic E-state index is 6.60. The van der Waals surface area contributed by atoms with E-state index in [1.807, 2.05) is 72.0 Å². The molecule has 0 spiro atoms. The van der Waals surface area contributed by atoms with Gasteiger partial charge in [-0.15, -0.1) is 11.3 Å². The molecule has 0 saturated carbocycles. The molecular weight excluding hydrogens is 703 g/mol. The molecule has 0 bridgehead atoms. The molecule has 0 aliphatic heterocycles. The minimum absolute atomic E-state index is 0.624. The van der Waals surface area contributed by atoms with Gasteiger partial charge in [-0.2, -0.15) is 0 Å². The number of fused-ring (bicyclic) bond motifs is 6. The van der Waals surface area contributed by atoms with Gasteiger partial charge in [-0.1, -0.05) is 146 Å². The van der Waals surface area contributed by atoms with Crippen molar-refractivity contribution in [1.29, 1.82) is 0 Å². The highest BCUT2D eigenvalue weighted by Crippen LogP contribution is 2.42. The van der Waals surface area contributed by atoms with Gasteiger partial charge in [0, 0.05) is 47.6 Å². The molecular formula is C51H31N3OS. The summed E-state index contributed by atoms with van der Waals surface area (Å²) in [6, 6.07) is 65.7. The van der Waals surface area contributed by atoms with Gasteiger partial charge in [-0.3, -0.25) is 0 Å². The minimum Gasteiger partial charge on any atom is -0.456 e. The van der Waals surface area contributed by atoms with Crippen LogP contribution in [-0.4, -0.2) is 15.0 Å². The largest absolute Gasteiger partial charge is 0.456 e. The Balaban J connectivity index is 0.991. The van der Waals surface area contributed by atoms with Crippen LogP contribution in [0.1, 0.15) is 0 Å². The Labute approximate surface area is 327 Å². The average Bonchev–Trinajstić information content (AvgIpc) is 3.85. The average molecular weight is 734 g/mol. The molecule has 11 rings (SSSR count). The molecule has 262 valence electrons. The summed E-state index contributed by atoms with van der Waals surface area (Å²) in [5, 5.41) is 4.79. The van der Waals surface area contributed by atoms with Crippen LogP contribution in [0.4, 0.5) is 0 Å². The van der Waals surface area contributed by atoms with Crippen molar-refractivity contribution in [2.45, 2.75) is 0 Å². The van der Waals surface area contributed by atoms with Gasteiger partial charge in [-0.05, 0) is 75.8 Å². The summed E-state index contributed by atoms with van der Waals surface area (Å²) in [5.74, 6) is 1.90. The smallest absolute Gasteiger partial charge is 0.164 e. The third kappa shape index (κ3) is 5.56. The van der Waals surface area contributed by atoms with Crippen molar-refractivity contribution in [3.63, 3.8) is 0 Å². The Morgan fingerprint density at radius 2 is 0.839 bits per heavy atom. The van der Waals surface area contributed by atoms with Crippen LogP contribution in [-0.2, 0) is 0 Å². The van der Waals surface area contributed by atoms with Crippen molar-refractivity contribution in [2.75, 3.05) is 0 Å². The van der Waals surface area contributed by atoms with Crippen molar-refractivity contribution >= 4 is 53.4 Å². The van der Waals surface area contributed by atoms with Crippen molar-refractivity contribution in [1.82, 2.24) is 15.0 Å². The van der Waals surface area contributed by atoms with Crippen LogP contribution in [0.15, 0.2) is 192 Å². The molecule has 11 aromatic rings. The number of furan rings is 1. The third-order valence-corrected chi connectivity index (χ3v) is 11.7. The van der Waals surface area contributed by atoms with E-state index in [0.29, 0.717) is 17.5 Å². The highest BCUT2D eigenvalue weighted by molar-refractivity contribution is 7.25. The molecule has 0 amide bonds. The molecule has 3 heterocycles. The fourth-order valence-corrected chi connectivity index (χ4v) is 9.02. The standard InChI is InChI=1S/C51H31N3OS/c1-3-13-32(14-4-1)49-52-50(33-15-5-2-6-16-33)54-51(53-49)38-20-10-19-37(30-38)39-22-11-24-43-47(39)41-28-27-35(31-44(41)55-43)34-17-9-18-36(29-34)40-23-12-26-46-48(40)42-21-7-8-25-45(42)56-46/h1-31H. The lowest BCUT2D eigenvalue weighted by molar-refractivity contribution is 0.669. The molecule has 4 nitrogen and oxygen atoms in total. The number of aromatic nitrogens is 3. The molecule has 8 aromatic carbocycles. The quantitative estimate of drug-likeness (QED) is 0.171. The second-order valence-electron chi connectivity index (χ2n) is 14.0. The second-order valence-corrected chi connectivity index (χ2v) is 15.1. The van der Waals surface area contributed by atoms with E-state index in [2.05, 4.69) is 127 Å². The van der Waals surface area contributed by atoms with E-state index in [0.717, 1.165) is 60.9 Å². The highest BCUT2D eigenvalue weighted by Gasteiger charge is 2.17. The van der Waals surface area contributed by atoms with E-state index in [-0.39, 0.29) is 0 Å². The van der Waals surface area contributed by atoms with Crippen LogP contribution >= 0.6 is 11.3 Å². The molecule has 0 saturated heterocycles. The molecule has 0 N–H and O–H groups in total. The molecule has 0 atom stereocenters. The zero-order chi connectivity index (χ0) is 37.0. The van der Waals surface area contributed by atoms with Gasteiger partial charge in [0.2, 0.25) is 0 Å². The van der Waals surface area contributed by atoms with E-state index in [1.165, 1.54) is 31.3 Å². The summed E-state index contributed by atoms with van der Waals surface area (Å²) < 4.78 is 9.22. The monoisotopic (exact) mass is 733 g/mol. The topological polar surface area (TPSA) is 51.8 Å². The van der Waals surface area contributed by atoms with E-state index in [1.54, 1.807) is 0 Å². The Morgan fingerprint density at radius 3 is 1.57 bits per heavy atom. The number of rotatable bonds is 6. The van der Waals surface area contributed by atoms with Crippen LogP contribution < -0.4 is 0 Å². The van der Waals surface area contributed by atoms with Gasteiger partial charge >= 0.3 is 0 Å². The van der Waals surface area contributed by atoms with E-state index >= 15 is 0 Å². The summed E-state index contributed by atoms with van der Waals surface area (Å²) in [5.41, 5.74) is 11.4.